The summed E-state index contributed by atoms with van der Waals surface area (Å²) in [6.07, 6.45) is 0. The van der Waals surface area contributed by atoms with E-state index in [0.29, 0.717) is 18.9 Å². The molecule has 5 nitrogen and oxygen atoms in total. The van der Waals surface area contributed by atoms with Gasteiger partial charge in [-0.2, -0.15) is 5.26 Å². The molecule has 0 saturated carbocycles. The number of nitrogen functional groups attached to an aromatic ring is 1. The summed E-state index contributed by atoms with van der Waals surface area (Å²) in [6, 6.07) is 10.0. The summed E-state index contributed by atoms with van der Waals surface area (Å²) in [5.41, 5.74) is 7.84. The number of methoxy groups -OCH3 is 1. The second kappa shape index (κ2) is 6.42. The number of fused-ring (bicyclic) bond motifs is 1. The molecule has 0 aliphatic carbocycles. The number of pyridine rings is 1. The highest BCUT2D eigenvalue weighted by Crippen LogP contribution is 2.23. The molecule has 1 atom stereocenters. The molecule has 0 radical (unpaired) electrons. The molecule has 5 heteroatoms. The Morgan fingerprint density at radius 3 is 2.86 bits per heavy atom. The Balaban J connectivity index is 2.25. The van der Waals surface area contributed by atoms with Gasteiger partial charge < -0.3 is 15.4 Å². The Labute approximate surface area is 124 Å². The van der Waals surface area contributed by atoms with E-state index >= 15 is 0 Å². The summed E-state index contributed by atoms with van der Waals surface area (Å²) < 4.78 is 5.19. The van der Waals surface area contributed by atoms with Gasteiger partial charge in [0, 0.05) is 30.1 Å². The normalized spacial score (nSPS) is 12.3. The van der Waals surface area contributed by atoms with Crippen molar-refractivity contribution in [1.29, 1.82) is 5.26 Å². The summed E-state index contributed by atoms with van der Waals surface area (Å²) in [4.78, 5) is 6.52. The summed E-state index contributed by atoms with van der Waals surface area (Å²) in [6.45, 7) is 3.29. The molecule has 2 N–H and O–H groups in total. The van der Waals surface area contributed by atoms with E-state index in [1.165, 1.54) is 0 Å². The summed E-state index contributed by atoms with van der Waals surface area (Å²) in [5, 5.41) is 9.90. The van der Waals surface area contributed by atoms with Crippen LogP contribution >= 0.6 is 0 Å². The molecule has 0 fully saturated rings. The maximum atomic E-state index is 8.87. The molecule has 0 aliphatic rings. The van der Waals surface area contributed by atoms with E-state index in [1.54, 1.807) is 7.11 Å². The van der Waals surface area contributed by atoms with Crippen LogP contribution in [0.25, 0.3) is 10.9 Å². The molecule has 1 aromatic heterocycles. The van der Waals surface area contributed by atoms with E-state index in [-0.39, 0.29) is 5.92 Å². The third-order valence-electron chi connectivity index (χ3n) is 3.38. The lowest BCUT2D eigenvalue weighted by Gasteiger charge is -2.19. The molecule has 1 heterocycles. The monoisotopic (exact) mass is 284 g/mol. The summed E-state index contributed by atoms with van der Waals surface area (Å²) >= 11 is 0. The van der Waals surface area contributed by atoms with Crippen molar-refractivity contribution in [2.24, 2.45) is 5.92 Å². The van der Waals surface area contributed by atoms with E-state index in [4.69, 9.17) is 15.7 Å². The Morgan fingerprint density at radius 2 is 2.19 bits per heavy atom. The number of anilines is 1. The zero-order valence-electron chi connectivity index (χ0n) is 12.6. The van der Waals surface area contributed by atoms with Crippen LogP contribution in [-0.4, -0.2) is 30.6 Å². The number of benzene rings is 1. The van der Waals surface area contributed by atoms with Gasteiger partial charge in [-0.05, 0) is 32.2 Å². The van der Waals surface area contributed by atoms with Gasteiger partial charge in [0.05, 0.1) is 24.6 Å². The van der Waals surface area contributed by atoms with E-state index < -0.39 is 0 Å². The van der Waals surface area contributed by atoms with Gasteiger partial charge in [0.1, 0.15) is 11.6 Å². The standard InChI is InChI=1S/C16H20N4O/c1-11(8-17)9-20(2)10-13-6-12-4-5-14(21-3)7-15(12)19-16(13)18/h4-7,11H,9-10H2,1-3H3,(H2,18,19). The lowest BCUT2D eigenvalue weighted by atomic mass is 10.1. The van der Waals surface area contributed by atoms with E-state index in [0.717, 1.165) is 22.2 Å². The third kappa shape index (κ3) is 3.61. The second-order valence-electron chi connectivity index (χ2n) is 5.32. The molecule has 2 aromatic rings. The Hall–Kier alpha value is -2.32. The molecule has 1 aromatic carbocycles. The Kier molecular flexibility index (Phi) is 4.61. The zero-order valence-corrected chi connectivity index (χ0v) is 12.6. The van der Waals surface area contributed by atoms with Crippen LogP contribution in [0.15, 0.2) is 24.3 Å². The molecule has 0 spiro atoms. The molecule has 0 aliphatic heterocycles. The first kappa shape index (κ1) is 15.1. The Morgan fingerprint density at radius 1 is 1.43 bits per heavy atom. The van der Waals surface area contributed by atoms with E-state index in [9.17, 15) is 0 Å². The molecular formula is C16H20N4O. The quantitative estimate of drug-likeness (QED) is 0.912. The fourth-order valence-corrected chi connectivity index (χ4v) is 2.32. The van der Waals surface area contributed by atoms with Crippen molar-refractivity contribution in [1.82, 2.24) is 9.88 Å². The number of hydrogen-bond donors (Lipinski definition) is 1. The number of aromatic nitrogens is 1. The van der Waals surface area contributed by atoms with Crippen LogP contribution in [0, 0.1) is 17.2 Å². The highest BCUT2D eigenvalue weighted by Gasteiger charge is 2.10. The molecular weight excluding hydrogens is 264 g/mol. The number of hydrogen-bond acceptors (Lipinski definition) is 5. The third-order valence-corrected chi connectivity index (χ3v) is 3.38. The van der Waals surface area contributed by atoms with Crippen LogP contribution in [0.1, 0.15) is 12.5 Å². The fourth-order valence-electron chi connectivity index (χ4n) is 2.32. The first-order valence-electron chi connectivity index (χ1n) is 6.84. The molecule has 2 rings (SSSR count). The minimum atomic E-state index is -0.00565. The van der Waals surface area contributed by atoms with Gasteiger partial charge in [-0.15, -0.1) is 0 Å². The van der Waals surface area contributed by atoms with Gasteiger partial charge >= 0.3 is 0 Å². The highest BCUT2D eigenvalue weighted by atomic mass is 16.5. The number of nitrogens with zero attached hydrogens (tertiary/aromatic N) is 3. The SMILES string of the molecule is COc1ccc2cc(CN(C)CC(C)C#N)c(N)nc2c1. The molecule has 110 valence electrons. The van der Waals surface area contributed by atoms with Crippen molar-refractivity contribution in [3.63, 3.8) is 0 Å². The van der Waals surface area contributed by atoms with Gasteiger partial charge in [-0.25, -0.2) is 4.98 Å². The van der Waals surface area contributed by atoms with Crippen LogP contribution in [0.2, 0.25) is 0 Å². The highest BCUT2D eigenvalue weighted by molar-refractivity contribution is 5.82. The molecule has 0 bridgehead atoms. The van der Waals surface area contributed by atoms with Gasteiger partial charge in [0.25, 0.3) is 0 Å². The van der Waals surface area contributed by atoms with Crippen molar-refractivity contribution in [2.45, 2.75) is 13.5 Å². The van der Waals surface area contributed by atoms with Gasteiger partial charge in [-0.1, -0.05) is 0 Å². The van der Waals surface area contributed by atoms with Gasteiger partial charge in [0.2, 0.25) is 0 Å². The van der Waals surface area contributed by atoms with Crippen LogP contribution < -0.4 is 10.5 Å². The topological polar surface area (TPSA) is 75.2 Å². The van der Waals surface area contributed by atoms with E-state index in [2.05, 4.69) is 16.0 Å². The van der Waals surface area contributed by atoms with Gasteiger partial charge in [-0.3, -0.25) is 0 Å². The van der Waals surface area contributed by atoms with Crippen molar-refractivity contribution >= 4 is 16.7 Å². The fraction of sp³-hybridized carbons (Fsp3) is 0.375. The number of ether oxygens (including phenoxy) is 1. The minimum absolute atomic E-state index is 0.00565. The van der Waals surface area contributed by atoms with Crippen LogP contribution in [0.5, 0.6) is 5.75 Å². The van der Waals surface area contributed by atoms with Crippen LogP contribution in [0.3, 0.4) is 0 Å². The lowest BCUT2D eigenvalue weighted by Crippen LogP contribution is -2.24. The molecule has 21 heavy (non-hydrogen) atoms. The average Bonchev–Trinajstić information content (AvgIpc) is 2.47. The second-order valence-corrected chi connectivity index (χ2v) is 5.32. The van der Waals surface area contributed by atoms with Crippen LogP contribution in [-0.2, 0) is 6.54 Å². The molecule has 0 saturated heterocycles. The predicted octanol–water partition coefficient (Wildman–Crippen LogP) is 2.42. The molecule has 0 amide bonds. The van der Waals surface area contributed by atoms with E-state index in [1.807, 2.05) is 38.2 Å². The number of nitrogens with two attached hydrogens (primary N) is 1. The number of nitriles is 1. The molecule has 1 unspecified atom stereocenters. The van der Waals surface area contributed by atoms with Crippen molar-refractivity contribution in [3.8, 4) is 11.8 Å². The largest absolute Gasteiger partial charge is 0.497 e. The minimum Gasteiger partial charge on any atom is -0.497 e. The maximum Gasteiger partial charge on any atom is 0.128 e. The van der Waals surface area contributed by atoms with Crippen molar-refractivity contribution < 1.29 is 4.74 Å². The first-order chi connectivity index (χ1) is 10.0. The Bertz CT molecular complexity index is 678. The summed E-state index contributed by atoms with van der Waals surface area (Å²) in [7, 11) is 3.61. The predicted molar refractivity (Wildman–Crippen MR) is 83.8 cm³/mol. The van der Waals surface area contributed by atoms with Crippen LogP contribution in [0.4, 0.5) is 5.82 Å². The smallest absolute Gasteiger partial charge is 0.128 e. The van der Waals surface area contributed by atoms with Crippen molar-refractivity contribution in [3.05, 3.63) is 29.8 Å². The number of rotatable bonds is 5. The lowest BCUT2D eigenvalue weighted by molar-refractivity contribution is 0.303. The summed E-state index contributed by atoms with van der Waals surface area (Å²) in [5.74, 6) is 1.28. The first-order valence-corrected chi connectivity index (χ1v) is 6.84. The maximum absolute atomic E-state index is 8.87. The van der Waals surface area contributed by atoms with Gasteiger partial charge in [0.15, 0.2) is 0 Å². The zero-order chi connectivity index (χ0) is 15.4. The average molecular weight is 284 g/mol. The van der Waals surface area contributed by atoms with Crippen molar-refractivity contribution in [2.75, 3.05) is 26.4 Å².